The minimum atomic E-state index is -0.231. The molecule has 0 aliphatic carbocycles. The Morgan fingerprint density at radius 1 is 1.12 bits per heavy atom. The number of piperidine rings is 1. The van der Waals surface area contributed by atoms with Crippen molar-refractivity contribution in [3.63, 3.8) is 0 Å². The van der Waals surface area contributed by atoms with E-state index in [4.69, 9.17) is 21.2 Å². The molecule has 0 spiro atoms. The van der Waals surface area contributed by atoms with E-state index >= 15 is 0 Å². The Bertz CT molecular complexity index is 907. The molecular formula is C25H33ClN2O5. The van der Waals surface area contributed by atoms with Crippen molar-refractivity contribution in [1.82, 2.24) is 4.90 Å². The lowest BCUT2D eigenvalue weighted by molar-refractivity contribution is -0.137. The summed E-state index contributed by atoms with van der Waals surface area (Å²) in [5, 5.41) is 25.1. The van der Waals surface area contributed by atoms with Crippen LogP contribution in [-0.4, -0.2) is 53.0 Å². The van der Waals surface area contributed by atoms with Crippen molar-refractivity contribution in [3.05, 3.63) is 40.9 Å². The standard InChI is InChI=1S/C25H33ClN2O5/c1-18-24-20(25(26)22(30)16-21(24)29)15-19(11-7-4-2-3-5-10-14-32-18)27-33-17-23(31)28-12-8-6-9-13-28/h3,5,16,29-30H,1-2,4,6-15,17H2/b5-3+,27-19+. The smallest absolute Gasteiger partial charge is 0.263 e. The fourth-order valence-electron chi connectivity index (χ4n) is 4.09. The van der Waals surface area contributed by atoms with Crippen molar-refractivity contribution in [2.45, 2.75) is 57.8 Å². The zero-order chi connectivity index (χ0) is 23.6. The number of fused-ring (bicyclic) bond motifs is 1. The van der Waals surface area contributed by atoms with Crippen LogP contribution < -0.4 is 0 Å². The number of oxime groups is 1. The molecule has 3 rings (SSSR count). The predicted octanol–water partition coefficient (Wildman–Crippen LogP) is 5.19. The highest BCUT2D eigenvalue weighted by Gasteiger charge is 2.22. The number of hydrogen-bond donors (Lipinski definition) is 2. The number of allylic oxidation sites excluding steroid dienone is 1. The molecule has 1 fully saturated rings. The normalized spacial score (nSPS) is 20.5. The molecule has 1 amide bonds. The summed E-state index contributed by atoms with van der Waals surface area (Å²) in [7, 11) is 0. The minimum absolute atomic E-state index is 0.0689. The van der Waals surface area contributed by atoms with Gasteiger partial charge >= 0.3 is 0 Å². The van der Waals surface area contributed by atoms with E-state index in [0.29, 0.717) is 29.9 Å². The lowest BCUT2D eigenvalue weighted by Gasteiger charge is -2.26. The van der Waals surface area contributed by atoms with Gasteiger partial charge in [0.05, 0.1) is 22.9 Å². The number of ether oxygens (including phenoxy) is 1. The first-order valence-corrected chi connectivity index (χ1v) is 12.0. The van der Waals surface area contributed by atoms with Crippen molar-refractivity contribution in [1.29, 1.82) is 0 Å². The Kier molecular flexibility index (Phi) is 9.48. The molecule has 0 radical (unpaired) electrons. The molecule has 0 aromatic heterocycles. The van der Waals surface area contributed by atoms with Crippen molar-refractivity contribution in [3.8, 4) is 11.5 Å². The fraction of sp³-hybridized carbons (Fsp3) is 0.520. The molecule has 1 saturated heterocycles. The van der Waals surface area contributed by atoms with Crippen molar-refractivity contribution in [2.24, 2.45) is 5.16 Å². The molecule has 2 aliphatic heterocycles. The Morgan fingerprint density at radius 3 is 2.67 bits per heavy atom. The van der Waals surface area contributed by atoms with Crippen LogP contribution in [0.4, 0.5) is 0 Å². The highest BCUT2D eigenvalue weighted by atomic mass is 35.5. The summed E-state index contributed by atoms with van der Waals surface area (Å²) in [6.45, 7) is 5.77. The van der Waals surface area contributed by atoms with Gasteiger partial charge in [-0.25, -0.2) is 0 Å². The summed E-state index contributed by atoms with van der Waals surface area (Å²) >= 11 is 6.43. The van der Waals surface area contributed by atoms with Gasteiger partial charge in [0.15, 0.2) is 6.61 Å². The van der Waals surface area contributed by atoms with Crippen LogP contribution in [0.5, 0.6) is 11.5 Å². The van der Waals surface area contributed by atoms with Crippen LogP contribution in [0.3, 0.4) is 0 Å². The third-order valence-electron chi connectivity index (χ3n) is 5.88. The number of nitrogens with zero attached hydrogens (tertiary/aromatic N) is 2. The average molecular weight is 477 g/mol. The molecular weight excluding hydrogens is 444 g/mol. The second-order valence-corrected chi connectivity index (χ2v) is 8.79. The maximum atomic E-state index is 12.4. The van der Waals surface area contributed by atoms with Gasteiger partial charge < -0.3 is 24.7 Å². The maximum absolute atomic E-state index is 12.4. The SMILES string of the molecule is C=C1OCC/C=C/CCCC/C(=N\OCC(=O)N2CCCCC2)Cc2c(Cl)c(O)cc(O)c21. The van der Waals surface area contributed by atoms with Crippen LogP contribution in [-0.2, 0) is 20.8 Å². The topological polar surface area (TPSA) is 91.6 Å². The molecule has 0 saturated carbocycles. The Labute approximate surface area is 200 Å². The molecule has 0 atom stereocenters. The Morgan fingerprint density at radius 2 is 1.88 bits per heavy atom. The molecule has 2 N–H and O–H groups in total. The van der Waals surface area contributed by atoms with E-state index in [0.717, 1.165) is 58.0 Å². The van der Waals surface area contributed by atoms with E-state index < -0.39 is 0 Å². The zero-order valence-corrected chi connectivity index (χ0v) is 19.8. The summed E-state index contributed by atoms with van der Waals surface area (Å²) in [5.41, 5.74) is 1.48. The molecule has 180 valence electrons. The molecule has 2 aliphatic rings. The van der Waals surface area contributed by atoms with E-state index in [2.05, 4.69) is 23.9 Å². The average Bonchev–Trinajstić information content (AvgIpc) is 2.80. The molecule has 2 heterocycles. The van der Waals surface area contributed by atoms with E-state index in [9.17, 15) is 15.0 Å². The number of phenolic OH excluding ortho intramolecular Hbond substituents is 2. The van der Waals surface area contributed by atoms with E-state index in [1.54, 1.807) is 0 Å². The van der Waals surface area contributed by atoms with Gasteiger partial charge in [-0.2, -0.15) is 0 Å². The quantitative estimate of drug-likeness (QED) is 0.463. The van der Waals surface area contributed by atoms with Crippen LogP contribution >= 0.6 is 11.6 Å². The monoisotopic (exact) mass is 476 g/mol. The highest BCUT2D eigenvalue weighted by Crippen LogP contribution is 2.40. The number of phenols is 2. The summed E-state index contributed by atoms with van der Waals surface area (Å²) in [4.78, 5) is 19.7. The van der Waals surface area contributed by atoms with Gasteiger partial charge in [0.25, 0.3) is 5.91 Å². The van der Waals surface area contributed by atoms with Gasteiger partial charge in [0, 0.05) is 25.6 Å². The number of carbonyl (C=O) groups excluding carboxylic acids is 1. The Hall–Kier alpha value is -2.67. The van der Waals surface area contributed by atoms with Crippen LogP contribution in [0.25, 0.3) is 5.76 Å². The molecule has 7 nitrogen and oxygen atoms in total. The number of hydrogen-bond acceptors (Lipinski definition) is 6. The minimum Gasteiger partial charge on any atom is -0.507 e. The summed E-state index contributed by atoms with van der Waals surface area (Å²) in [5.74, 6) is -0.193. The summed E-state index contributed by atoms with van der Waals surface area (Å²) in [6, 6.07) is 1.18. The zero-order valence-electron chi connectivity index (χ0n) is 19.0. The molecule has 1 aromatic carbocycles. The number of amides is 1. The van der Waals surface area contributed by atoms with E-state index in [-0.39, 0.29) is 41.2 Å². The number of likely N-dealkylation sites (tertiary alicyclic amines) is 1. The third-order valence-corrected chi connectivity index (χ3v) is 6.31. The van der Waals surface area contributed by atoms with Crippen LogP contribution in [0.1, 0.15) is 62.5 Å². The van der Waals surface area contributed by atoms with Crippen molar-refractivity contribution in [2.75, 3.05) is 26.3 Å². The van der Waals surface area contributed by atoms with E-state index in [1.807, 2.05) is 4.90 Å². The lowest BCUT2D eigenvalue weighted by Crippen LogP contribution is -2.37. The molecule has 1 aromatic rings. The highest BCUT2D eigenvalue weighted by molar-refractivity contribution is 6.33. The number of benzene rings is 1. The lowest BCUT2D eigenvalue weighted by atomic mass is 9.96. The van der Waals surface area contributed by atoms with Gasteiger partial charge in [0.2, 0.25) is 0 Å². The van der Waals surface area contributed by atoms with Crippen LogP contribution in [0.2, 0.25) is 5.02 Å². The fourth-order valence-corrected chi connectivity index (χ4v) is 4.31. The van der Waals surface area contributed by atoms with Crippen molar-refractivity contribution >= 4 is 29.0 Å². The molecule has 0 unspecified atom stereocenters. The molecule has 8 heteroatoms. The van der Waals surface area contributed by atoms with Gasteiger partial charge in [-0.05, 0) is 56.9 Å². The van der Waals surface area contributed by atoms with Gasteiger partial charge in [-0.15, -0.1) is 0 Å². The Balaban J connectivity index is 1.82. The number of rotatable bonds is 3. The first-order valence-electron chi connectivity index (χ1n) is 11.6. The van der Waals surface area contributed by atoms with Crippen LogP contribution in [0.15, 0.2) is 30.0 Å². The van der Waals surface area contributed by atoms with Crippen molar-refractivity contribution < 1.29 is 24.6 Å². The maximum Gasteiger partial charge on any atom is 0.263 e. The first kappa shape index (κ1) is 25.0. The largest absolute Gasteiger partial charge is 0.507 e. The second kappa shape index (κ2) is 12.5. The van der Waals surface area contributed by atoms with Gasteiger partial charge in [-0.3, -0.25) is 4.79 Å². The van der Waals surface area contributed by atoms with Crippen LogP contribution in [0, 0.1) is 0 Å². The number of carbonyl (C=O) groups is 1. The number of halogens is 1. The van der Waals surface area contributed by atoms with Gasteiger partial charge in [-0.1, -0.05) is 35.5 Å². The number of aromatic hydroxyl groups is 2. The first-order chi connectivity index (χ1) is 16.0. The van der Waals surface area contributed by atoms with Gasteiger partial charge in [0.1, 0.15) is 17.3 Å². The summed E-state index contributed by atoms with van der Waals surface area (Å²) < 4.78 is 5.74. The predicted molar refractivity (Wildman–Crippen MR) is 130 cm³/mol. The summed E-state index contributed by atoms with van der Waals surface area (Å²) in [6.07, 6.45) is 11.8. The molecule has 33 heavy (non-hydrogen) atoms. The van der Waals surface area contributed by atoms with E-state index in [1.165, 1.54) is 6.07 Å². The second-order valence-electron chi connectivity index (χ2n) is 8.41. The molecule has 0 bridgehead atoms. The third kappa shape index (κ3) is 7.16.